The highest BCUT2D eigenvalue weighted by Crippen LogP contribution is 2.27. The highest BCUT2D eigenvalue weighted by molar-refractivity contribution is 5.82. The fourth-order valence-electron chi connectivity index (χ4n) is 2.49. The van der Waals surface area contributed by atoms with Crippen molar-refractivity contribution >= 4 is 11.9 Å². The van der Waals surface area contributed by atoms with Gasteiger partial charge in [-0.25, -0.2) is 4.79 Å². The molecular formula is C16H21NO6. The maximum absolute atomic E-state index is 12.0. The van der Waals surface area contributed by atoms with E-state index in [9.17, 15) is 9.59 Å². The quantitative estimate of drug-likeness (QED) is 0.777. The molecule has 7 heteroatoms. The molecule has 0 unspecified atom stereocenters. The monoisotopic (exact) mass is 323 g/mol. The van der Waals surface area contributed by atoms with E-state index in [0.717, 1.165) is 5.56 Å². The molecule has 1 aromatic rings. The number of benzene rings is 1. The Morgan fingerprint density at radius 3 is 2.52 bits per heavy atom. The summed E-state index contributed by atoms with van der Waals surface area (Å²) in [4.78, 5) is 22.8. The smallest absolute Gasteiger partial charge is 0.332 e. The molecular weight excluding hydrogens is 302 g/mol. The van der Waals surface area contributed by atoms with Crippen molar-refractivity contribution in [3.63, 3.8) is 0 Å². The molecule has 0 radical (unpaired) electrons. The van der Waals surface area contributed by atoms with Crippen LogP contribution in [0.3, 0.4) is 0 Å². The van der Waals surface area contributed by atoms with Crippen LogP contribution >= 0.6 is 0 Å². The second-order valence-corrected chi connectivity index (χ2v) is 5.26. The Hall–Kier alpha value is -2.28. The van der Waals surface area contributed by atoms with Crippen molar-refractivity contribution in [1.29, 1.82) is 0 Å². The highest BCUT2D eigenvalue weighted by atomic mass is 16.5. The molecule has 0 saturated carbocycles. The number of carboxylic acid groups (broad SMARTS) is 1. The first-order chi connectivity index (χ1) is 11.0. The number of carbonyl (C=O) groups excluding carboxylic acids is 1. The van der Waals surface area contributed by atoms with Crippen molar-refractivity contribution in [2.24, 2.45) is 0 Å². The van der Waals surface area contributed by atoms with Gasteiger partial charge in [-0.2, -0.15) is 0 Å². The molecule has 0 aliphatic carbocycles. The van der Waals surface area contributed by atoms with Gasteiger partial charge in [0.2, 0.25) is 5.91 Å². The molecule has 0 spiro atoms. The Balaban J connectivity index is 1.81. The summed E-state index contributed by atoms with van der Waals surface area (Å²) in [5, 5.41) is 11.6. The van der Waals surface area contributed by atoms with Gasteiger partial charge in [0.25, 0.3) is 0 Å². The van der Waals surface area contributed by atoms with Gasteiger partial charge in [-0.3, -0.25) is 4.79 Å². The van der Waals surface area contributed by atoms with Crippen LogP contribution in [-0.4, -0.2) is 50.0 Å². The van der Waals surface area contributed by atoms with Crippen LogP contribution in [0.5, 0.6) is 11.5 Å². The number of carbonyl (C=O) groups is 2. The van der Waals surface area contributed by atoms with E-state index >= 15 is 0 Å². The van der Waals surface area contributed by atoms with E-state index in [1.807, 2.05) is 18.2 Å². The van der Waals surface area contributed by atoms with Crippen LogP contribution in [0, 0.1) is 0 Å². The molecule has 7 nitrogen and oxygen atoms in total. The lowest BCUT2D eigenvalue weighted by molar-refractivity contribution is -0.151. The molecule has 1 aliphatic rings. The molecule has 2 atom stereocenters. The maximum atomic E-state index is 12.0. The minimum Gasteiger partial charge on any atom is -0.493 e. The van der Waals surface area contributed by atoms with Crippen LogP contribution in [0.2, 0.25) is 0 Å². The zero-order valence-electron chi connectivity index (χ0n) is 13.2. The Morgan fingerprint density at radius 1 is 1.22 bits per heavy atom. The summed E-state index contributed by atoms with van der Waals surface area (Å²) in [5.74, 6) is -0.000962. The third-order valence-corrected chi connectivity index (χ3v) is 3.75. The average Bonchev–Trinajstić information content (AvgIpc) is 3.05. The minimum atomic E-state index is -1.02. The number of carboxylic acids is 1. The van der Waals surface area contributed by atoms with Gasteiger partial charge < -0.3 is 24.6 Å². The normalized spacial score (nSPS) is 20.1. The summed E-state index contributed by atoms with van der Waals surface area (Å²) in [6.07, 6.45) is -0.137. The minimum absolute atomic E-state index is 0.269. The first-order valence-electron chi connectivity index (χ1n) is 7.42. The lowest BCUT2D eigenvalue weighted by Crippen LogP contribution is -2.36. The number of hydrogen-bond acceptors (Lipinski definition) is 5. The van der Waals surface area contributed by atoms with E-state index < -0.39 is 18.2 Å². The van der Waals surface area contributed by atoms with Crippen molar-refractivity contribution in [2.45, 2.75) is 31.5 Å². The number of hydrogen-bond donors (Lipinski definition) is 2. The van der Waals surface area contributed by atoms with Crippen LogP contribution in [-0.2, 0) is 20.7 Å². The molecule has 1 heterocycles. The third kappa shape index (κ3) is 4.35. The van der Waals surface area contributed by atoms with E-state index in [0.29, 0.717) is 37.3 Å². The Bertz CT molecular complexity index is 574. The van der Waals surface area contributed by atoms with Gasteiger partial charge in [0, 0.05) is 6.54 Å². The second-order valence-electron chi connectivity index (χ2n) is 5.26. The molecule has 2 N–H and O–H groups in total. The Morgan fingerprint density at radius 2 is 1.91 bits per heavy atom. The third-order valence-electron chi connectivity index (χ3n) is 3.75. The van der Waals surface area contributed by atoms with Crippen molar-refractivity contribution in [2.75, 3.05) is 20.8 Å². The van der Waals surface area contributed by atoms with E-state index in [1.54, 1.807) is 14.2 Å². The van der Waals surface area contributed by atoms with E-state index in [2.05, 4.69) is 5.32 Å². The fourth-order valence-corrected chi connectivity index (χ4v) is 2.49. The molecule has 1 aromatic carbocycles. The molecule has 1 fully saturated rings. The van der Waals surface area contributed by atoms with Crippen LogP contribution in [0.25, 0.3) is 0 Å². The van der Waals surface area contributed by atoms with E-state index in [1.165, 1.54) is 0 Å². The average molecular weight is 323 g/mol. The van der Waals surface area contributed by atoms with Gasteiger partial charge in [0.1, 0.15) is 6.10 Å². The SMILES string of the molecule is COc1ccc(CCNC(=O)[C@@H]2CC[C@H](C(=O)O)O2)cc1OC. The van der Waals surface area contributed by atoms with Gasteiger partial charge in [-0.15, -0.1) is 0 Å². The lowest BCUT2D eigenvalue weighted by Gasteiger charge is -2.12. The van der Waals surface area contributed by atoms with Gasteiger partial charge >= 0.3 is 5.97 Å². The van der Waals surface area contributed by atoms with E-state index in [-0.39, 0.29) is 5.91 Å². The standard InChI is InChI=1S/C16H21NO6/c1-21-11-4-3-10(9-14(11)22-2)7-8-17-15(18)12-5-6-13(23-12)16(19)20/h3-4,9,12-13H,5-8H2,1-2H3,(H,17,18)(H,19,20)/t12-,13+/m0/s1. The van der Waals surface area contributed by atoms with Crippen LogP contribution < -0.4 is 14.8 Å². The Labute approximate surface area is 134 Å². The summed E-state index contributed by atoms with van der Waals surface area (Å²) < 4.78 is 15.6. The number of ether oxygens (including phenoxy) is 3. The van der Waals surface area contributed by atoms with Crippen LogP contribution in [0.1, 0.15) is 18.4 Å². The molecule has 2 rings (SSSR count). The summed E-state index contributed by atoms with van der Waals surface area (Å²) >= 11 is 0. The summed E-state index contributed by atoms with van der Waals surface area (Å²) in [5.41, 5.74) is 0.999. The lowest BCUT2D eigenvalue weighted by atomic mass is 10.1. The highest BCUT2D eigenvalue weighted by Gasteiger charge is 2.34. The number of rotatable bonds is 7. The molecule has 0 bridgehead atoms. The molecule has 23 heavy (non-hydrogen) atoms. The fraction of sp³-hybridized carbons (Fsp3) is 0.500. The Kier molecular flexibility index (Phi) is 5.81. The second kappa shape index (κ2) is 7.82. The molecule has 0 aromatic heterocycles. The van der Waals surface area contributed by atoms with Gasteiger partial charge in [0.15, 0.2) is 17.6 Å². The number of amides is 1. The number of nitrogens with one attached hydrogen (secondary N) is 1. The topological polar surface area (TPSA) is 94.1 Å². The first-order valence-corrected chi connectivity index (χ1v) is 7.42. The number of aliphatic carboxylic acids is 1. The molecule has 1 saturated heterocycles. The zero-order chi connectivity index (χ0) is 16.8. The van der Waals surface area contributed by atoms with Crippen molar-refractivity contribution < 1.29 is 28.9 Å². The van der Waals surface area contributed by atoms with Gasteiger partial charge in [-0.1, -0.05) is 6.07 Å². The summed E-state index contributed by atoms with van der Waals surface area (Å²) in [7, 11) is 3.14. The van der Waals surface area contributed by atoms with Crippen molar-refractivity contribution in [1.82, 2.24) is 5.32 Å². The van der Waals surface area contributed by atoms with Crippen molar-refractivity contribution in [3.8, 4) is 11.5 Å². The van der Waals surface area contributed by atoms with E-state index in [4.69, 9.17) is 19.3 Å². The summed E-state index contributed by atoms with van der Waals surface area (Å²) in [6.45, 7) is 0.436. The zero-order valence-corrected chi connectivity index (χ0v) is 13.2. The van der Waals surface area contributed by atoms with Gasteiger partial charge in [0.05, 0.1) is 14.2 Å². The van der Waals surface area contributed by atoms with Crippen molar-refractivity contribution in [3.05, 3.63) is 23.8 Å². The predicted molar refractivity (Wildman–Crippen MR) is 81.8 cm³/mol. The summed E-state index contributed by atoms with van der Waals surface area (Å²) in [6, 6.07) is 5.57. The molecule has 1 aliphatic heterocycles. The number of methoxy groups -OCH3 is 2. The van der Waals surface area contributed by atoms with Crippen LogP contribution in [0.15, 0.2) is 18.2 Å². The maximum Gasteiger partial charge on any atom is 0.332 e. The predicted octanol–water partition coefficient (Wildman–Crippen LogP) is 0.995. The van der Waals surface area contributed by atoms with Gasteiger partial charge in [-0.05, 0) is 37.0 Å². The van der Waals surface area contributed by atoms with Crippen LogP contribution in [0.4, 0.5) is 0 Å². The molecule has 1 amide bonds. The largest absolute Gasteiger partial charge is 0.493 e. The first kappa shape index (κ1) is 17.1. The molecule has 126 valence electrons.